The van der Waals surface area contributed by atoms with Gasteiger partial charge in [0.05, 0.1) is 4.90 Å². The molecule has 27 heavy (non-hydrogen) atoms. The number of rotatable bonds is 5. The Balaban J connectivity index is 1.58. The van der Waals surface area contributed by atoms with Crippen molar-refractivity contribution in [2.75, 3.05) is 13.1 Å². The van der Waals surface area contributed by atoms with Crippen LogP contribution in [0.5, 0.6) is 0 Å². The Kier molecular flexibility index (Phi) is 5.92. The van der Waals surface area contributed by atoms with E-state index in [2.05, 4.69) is 4.72 Å². The summed E-state index contributed by atoms with van der Waals surface area (Å²) in [6.07, 6.45) is 1.94. The van der Waals surface area contributed by atoms with Crippen LogP contribution in [0, 0.1) is 5.82 Å². The Morgan fingerprint density at radius 1 is 1.07 bits per heavy atom. The summed E-state index contributed by atoms with van der Waals surface area (Å²) in [4.78, 5) is 14.4. The van der Waals surface area contributed by atoms with Crippen molar-refractivity contribution in [1.82, 2.24) is 9.62 Å². The van der Waals surface area contributed by atoms with Crippen LogP contribution in [0.2, 0.25) is 0 Å². The minimum Gasteiger partial charge on any atom is -0.339 e. The molecule has 2 aromatic rings. The Morgan fingerprint density at radius 2 is 1.67 bits per heavy atom. The van der Waals surface area contributed by atoms with Gasteiger partial charge in [0.25, 0.3) is 5.91 Å². The van der Waals surface area contributed by atoms with E-state index in [0.29, 0.717) is 31.5 Å². The molecule has 0 atom stereocenters. The van der Waals surface area contributed by atoms with Gasteiger partial charge in [0, 0.05) is 24.7 Å². The number of sulfonamides is 1. The smallest absolute Gasteiger partial charge is 0.253 e. The van der Waals surface area contributed by atoms with Crippen molar-refractivity contribution >= 4 is 15.9 Å². The van der Waals surface area contributed by atoms with E-state index < -0.39 is 10.0 Å². The molecule has 7 heteroatoms. The molecule has 1 fully saturated rings. The second-order valence-corrected chi connectivity index (χ2v) is 8.41. The third-order valence-corrected chi connectivity index (χ3v) is 6.37. The van der Waals surface area contributed by atoms with Crippen molar-refractivity contribution in [2.45, 2.75) is 37.1 Å². The molecule has 0 radical (unpaired) electrons. The van der Waals surface area contributed by atoms with E-state index in [1.54, 1.807) is 17.0 Å². The molecule has 3 rings (SSSR count). The third-order valence-electron chi connectivity index (χ3n) is 4.84. The van der Waals surface area contributed by atoms with Gasteiger partial charge in [0.15, 0.2) is 0 Å². The lowest BCUT2D eigenvalue weighted by atomic mass is 10.0. The van der Waals surface area contributed by atoms with Crippen molar-refractivity contribution in [2.24, 2.45) is 0 Å². The van der Waals surface area contributed by atoms with Gasteiger partial charge in [-0.05, 0) is 61.2 Å². The highest BCUT2D eigenvalue weighted by Gasteiger charge is 2.27. The maximum atomic E-state index is 13.0. The summed E-state index contributed by atoms with van der Waals surface area (Å²) in [5, 5.41) is 0. The van der Waals surface area contributed by atoms with E-state index in [1.165, 1.54) is 24.3 Å². The average Bonchev–Trinajstić information content (AvgIpc) is 2.68. The first-order chi connectivity index (χ1) is 12.9. The SMILES string of the molecule is CCc1ccc(S(=O)(=O)NC2CCN(C(=O)c3ccc(F)cc3)CC2)cc1. The first-order valence-electron chi connectivity index (χ1n) is 9.05. The molecular weight excluding hydrogens is 367 g/mol. The lowest BCUT2D eigenvalue weighted by Gasteiger charge is -2.32. The summed E-state index contributed by atoms with van der Waals surface area (Å²) in [7, 11) is -3.57. The van der Waals surface area contributed by atoms with Crippen molar-refractivity contribution in [3.63, 3.8) is 0 Å². The molecule has 0 saturated carbocycles. The van der Waals surface area contributed by atoms with Gasteiger partial charge in [-0.2, -0.15) is 0 Å². The van der Waals surface area contributed by atoms with Gasteiger partial charge >= 0.3 is 0 Å². The normalized spacial score (nSPS) is 15.7. The molecule has 0 unspecified atom stereocenters. The number of hydrogen-bond acceptors (Lipinski definition) is 3. The number of carbonyl (C=O) groups excluding carboxylic acids is 1. The van der Waals surface area contributed by atoms with Gasteiger partial charge in [0.1, 0.15) is 5.82 Å². The van der Waals surface area contributed by atoms with Crippen molar-refractivity contribution in [3.8, 4) is 0 Å². The molecule has 1 N–H and O–H groups in total. The number of halogens is 1. The minimum absolute atomic E-state index is 0.161. The molecule has 1 heterocycles. The van der Waals surface area contributed by atoms with Crippen LogP contribution in [0.25, 0.3) is 0 Å². The summed E-state index contributed by atoms with van der Waals surface area (Å²) in [6, 6.07) is 12.1. The van der Waals surface area contributed by atoms with Crippen LogP contribution < -0.4 is 4.72 Å². The fourth-order valence-electron chi connectivity index (χ4n) is 3.17. The zero-order valence-corrected chi connectivity index (χ0v) is 16.0. The summed E-state index contributed by atoms with van der Waals surface area (Å²) < 4.78 is 40.8. The van der Waals surface area contributed by atoms with E-state index >= 15 is 0 Å². The van der Waals surface area contributed by atoms with E-state index in [0.717, 1.165) is 12.0 Å². The van der Waals surface area contributed by atoms with Gasteiger partial charge in [0.2, 0.25) is 10.0 Å². The fourth-order valence-corrected chi connectivity index (χ4v) is 4.47. The third kappa shape index (κ3) is 4.73. The van der Waals surface area contributed by atoms with Crippen LogP contribution in [0.3, 0.4) is 0 Å². The van der Waals surface area contributed by atoms with Gasteiger partial charge in [-0.25, -0.2) is 17.5 Å². The molecular formula is C20H23FN2O3S. The zero-order valence-electron chi connectivity index (χ0n) is 15.2. The van der Waals surface area contributed by atoms with Crippen LogP contribution >= 0.6 is 0 Å². The van der Waals surface area contributed by atoms with Crippen molar-refractivity contribution in [3.05, 3.63) is 65.5 Å². The van der Waals surface area contributed by atoms with Gasteiger partial charge in [-0.1, -0.05) is 19.1 Å². The highest BCUT2D eigenvalue weighted by atomic mass is 32.2. The largest absolute Gasteiger partial charge is 0.339 e. The molecule has 0 bridgehead atoms. The lowest BCUT2D eigenvalue weighted by Crippen LogP contribution is -2.46. The number of piperidine rings is 1. The van der Waals surface area contributed by atoms with Gasteiger partial charge < -0.3 is 4.90 Å². The number of aryl methyl sites for hydroxylation is 1. The molecule has 0 aliphatic carbocycles. The Morgan fingerprint density at radius 3 is 2.22 bits per heavy atom. The van der Waals surface area contributed by atoms with Crippen LogP contribution in [0.4, 0.5) is 4.39 Å². The van der Waals surface area contributed by atoms with Crippen molar-refractivity contribution in [1.29, 1.82) is 0 Å². The van der Waals surface area contributed by atoms with E-state index in [-0.39, 0.29) is 22.7 Å². The second kappa shape index (κ2) is 8.19. The maximum Gasteiger partial charge on any atom is 0.253 e. The standard InChI is InChI=1S/C20H23FN2O3S/c1-2-15-3-9-19(10-4-15)27(25,26)22-18-11-13-23(14-12-18)20(24)16-5-7-17(21)8-6-16/h3-10,18,22H,2,11-14H2,1H3. The number of nitrogens with one attached hydrogen (secondary N) is 1. The summed E-state index contributed by atoms with van der Waals surface area (Å²) in [5.74, 6) is -0.543. The van der Waals surface area contributed by atoms with E-state index in [4.69, 9.17) is 0 Å². The predicted octanol–water partition coefficient (Wildman–Crippen LogP) is 2.97. The second-order valence-electron chi connectivity index (χ2n) is 6.69. The molecule has 0 spiro atoms. The number of benzene rings is 2. The number of nitrogens with zero attached hydrogens (tertiary/aromatic N) is 1. The number of likely N-dealkylation sites (tertiary alicyclic amines) is 1. The molecule has 1 amide bonds. The number of carbonyl (C=O) groups is 1. The van der Waals surface area contributed by atoms with Gasteiger partial charge in [-0.3, -0.25) is 4.79 Å². The monoisotopic (exact) mass is 390 g/mol. The number of amides is 1. The highest BCUT2D eigenvalue weighted by molar-refractivity contribution is 7.89. The lowest BCUT2D eigenvalue weighted by molar-refractivity contribution is 0.0711. The molecule has 2 aromatic carbocycles. The van der Waals surface area contributed by atoms with Crippen LogP contribution in [-0.2, 0) is 16.4 Å². The van der Waals surface area contributed by atoms with E-state index in [1.807, 2.05) is 19.1 Å². The summed E-state index contributed by atoms with van der Waals surface area (Å²) in [6.45, 7) is 2.93. The topological polar surface area (TPSA) is 66.5 Å². The summed E-state index contributed by atoms with van der Waals surface area (Å²) >= 11 is 0. The average molecular weight is 390 g/mol. The van der Waals surface area contributed by atoms with E-state index in [9.17, 15) is 17.6 Å². The minimum atomic E-state index is -3.57. The fraction of sp³-hybridized carbons (Fsp3) is 0.350. The van der Waals surface area contributed by atoms with Gasteiger partial charge in [-0.15, -0.1) is 0 Å². The first kappa shape index (κ1) is 19.5. The highest BCUT2D eigenvalue weighted by Crippen LogP contribution is 2.18. The van der Waals surface area contributed by atoms with Crippen LogP contribution in [0.1, 0.15) is 35.7 Å². The zero-order chi connectivity index (χ0) is 19.4. The molecule has 144 valence electrons. The first-order valence-corrected chi connectivity index (χ1v) is 10.5. The van der Waals surface area contributed by atoms with Crippen LogP contribution in [-0.4, -0.2) is 38.4 Å². The maximum absolute atomic E-state index is 13.0. The predicted molar refractivity (Wildman–Crippen MR) is 101 cm³/mol. The quantitative estimate of drug-likeness (QED) is 0.854. The molecule has 1 saturated heterocycles. The molecule has 0 aromatic heterocycles. The number of hydrogen-bond donors (Lipinski definition) is 1. The Bertz CT molecular complexity index is 888. The molecule has 5 nitrogen and oxygen atoms in total. The van der Waals surface area contributed by atoms with Crippen LogP contribution in [0.15, 0.2) is 53.4 Å². The Labute approximate surface area is 159 Å². The van der Waals surface area contributed by atoms with Crippen molar-refractivity contribution < 1.29 is 17.6 Å². The Hall–Kier alpha value is -2.25. The molecule has 1 aliphatic heterocycles. The summed E-state index contributed by atoms with van der Waals surface area (Å²) in [5.41, 5.74) is 1.52. The molecule has 1 aliphatic rings.